The number of nitrogens with one attached hydrogen (secondary N) is 1. The van der Waals surface area contributed by atoms with Crippen LogP contribution in [0.5, 0.6) is 0 Å². The van der Waals surface area contributed by atoms with E-state index in [-0.39, 0.29) is 0 Å². The summed E-state index contributed by atoms with van der Waals surface area (Å²) in [5, 5.41) is 1.91. The maximum Gasteiger partial charge on any atom is 0.413 e. The van der Waals surface area contributed by atoms with E-state index in [4.69, 9.17) is 4.74 Å². The molecule has 0 aliphatic carbocycles. The van der Waals surface area contributed by atoms with Crippen LogP contribution in [0.3, 0.4) is 0 Å². The Hall–Kier alpha value is -2.63. The second-order valence-electron chi connectivity index (χ2n) is 4.30. The van der Waals surface area contributed by atoms with Crippen LogP contribution in [-0.2, 0) is 19.1 Å². The summed E-state index contributed by atoms with van der Waals surface area (Å²) in [5.74, 6) is -1.43. The molecule has 0 saturated carbocycles. The number of aryl methyl sites for hydroxylation is 1. The van der Waals surface area contributed by atoms with E-state index in [9.17, 15) is 14.4 Å². The molecule has 1 N–H and O–H groups in total. The van der Waals surface area contributed by atoms with Gasteiger partial charge >= 0.3 is 12.1 Å². The smallest absolute Gasteiger partial charge is 0.413 e. The number of imide groups is 1. The number of methoxy groups -OCH3 is 1. The molecular weight excluding hydrogens is 274 g/mol. The Labute approximate surface area is 122 Å². The molecule has 0 unspecified atom stereocenters. The average Bonchev–Trinajstić information content (AvgIpc) is 2.46. The molecule has 112 valence electrons. The van der Waals surface area contributed by atoms with Gasteiger partial charge in [0.15, 0.2) is 6.10 Å². The first kappa shape index (κ1) is 16.4. The van der Waals surface area contributed by atoms with Gasteiger partial charge in [0.1, 0.15) is 0 Å². The number of benzene rings is 1. The van der Waals surface area contributed by atoms with Crippen LogP contribution in [0, 0.1) is 6.92 Å². The lowest BCUT2D eigenvalue weighted by Crippen LogP contribution is -2.39. The lowest BCUT2D eigenvalue weighted by Gasteiger charge is -2.10. The van der Waals surface area contributed by atoms with Gasteiger partial charge in [-0.05, 0) is 25.5 Å². The van der Waals surface area contributed by atoms with E-state index in [1.807, 2.05) is 36.5 Å². The minimum absolute atomic E-state index is 0.678. The fourth-order valence-electron chi connectivity index (χ4n) is 1.36. The zero-order valence-electron chi connectivity index (χ0n) is 12.1. The first-order valence-corrected chi connectivity index (χ1v) is 6.26. The van der Waals surface area contributed by atoms with Gasteiger partial charge in [-0.25, -0.2) is 9.59 Å². The molecule has 0 bridgehead atoms. The number of hydrogen-bond acceptors (Lipinski definition) is 5. The highest BCUT2D eigenvalue weighted by Crippen LogP contribution is 2.05. The number of hydrogen-bond donors (Lipinski definition) is 1. The van der Waals surface area contributed by atoms with Crippen LogP contribution < -0.4 is 5.32 Å². The molecule has 6 heteroatoms. The summed E-state index contributed by atoms with van der Waals surface area (Å²) in [4.78, 5) is 33.8. The SMILES string of the molecule is COC(=O)NC(=O)[C@H](C)OC(=O)/C=C/c1ccc(C)cc1. The number of amides is 2. The Balaban J connectivity index is 2.51. The molecule has 6 nitrogen and oxygen atoms in total. The highest BCUT2D eigenvalue weighted by molar-refractivity contribution is 5.96. The standard InChI is InChI=1S/C15H17NO5/c1-10-4-6-12(7-5-10)8-9-13(17)21-11(2)14(18)16-15(19)20-3/h4-9,11H,1-3H3,(H,16,18,19)/b9-8+/t11-/m0/s1. The van der Waals surface area contributed by atoms with Crippen molar-refractivity contribution in [3.8, 4) is 0 Å². The van der Waals surface area contributed by atoms with Crippen LogP contribution in [0.2, 0.25) is 0 Å². The molecule has 2 amide bonds. The minimum atomic E-state index is -1.10. The summed E-state index contributed by atoms with van der Waals surface area (Å²) >= 11 is 0. The number of esters is 1. The molecule has 0 heterocycles. The van der Waals surface area contributed by atoms with E-state index < -0.39 is 24.1 Å². The number of alkyl carbamates (subject to hydrolysis) is 1. The van der Waals surface area contributed by atoms with E-state index in [1.165, 1.54) is 13.0 Å². The molecule has 1 aromatic rings. The Morgan fingerprint density at radius 2 is 1.81 bits per heavy atom. The van der Waals surface area contributed by atoms with Gasteiger partial charge in [0.05, 0.1) is 7.11 Å². The highest BCUT2D eigenvalue weighted by Gasteiger charge is 2.18. The predicted molar refractivity (Wildman–Crippen MR) is 76.3 cm³/mol. The second kappa shape index (κ2) is 7.84. The van der Waals surface area contributed by atoms with Crippen molar-refractivity contribution >= 4 is 24.0 Å². The van der Waals surface area contributed by atoms with Crippen molar-refractivity contribution in [2.75, 3.05) is 7.11 Å². The molecule has 0 aliphatic rings. The van der Waals surface area contributed by atoms with Crippen molar-refractivity contribution in [3.05, 3.63) is 41.5 Å². The van der Waals surface area contributed by atoms with E-state index in [0.29, 0.717) is 0 Å². The van der Waals surface area contributed by atoms with Gasteiger partial charge in [0, 0.05) is 6.08 Å². The fraction of sp³-hybridized carbons (Fsp3) is 0.267. The molecule has 1 atom stereocenters. The van der Waals surface area contributed by atoms with Gasteiger partial charge in [-0.1, -0.05) is 29.8 Å². The largest absolute Gasteiger partial charge is 0.453 e. The summed E-state index contributed by atoms with van der Waals surface area (Å²) < 4.78 is 9.12. The lowest BCUT2D eigenvalue weighted by atomic mass is 10.1. The third kappa shape index (κ3) is 5.90. The topological polar surface area (TPSA) is 81.7 Å². The molecule has 1 rings (SSSR count). The summed E-state index contributed by atoms with van der Waals surface area (Å²) in [5.41, 5.74) is 1.95. The first-order valence-electron chi connectivity index (χ1n) is 6.26. The zero-order chi connectivity index (χ0) is 15.8. The van der Waals surface area contributed by atoms with Crippen molar-refractivity contribution in [2.45, 2.75) is 20.0 Å². The van der Waals surface area contributed by atoms with Crippen molar-refractivity contribution in [3.63, 3.8) is 0 Å². The summed E-state index contributed by atoms with van der Waals surface area (Å²) in [6.45, 7) is 3.32. The normalized spacial score (nSPS) is 11.8. The fourth-order valence-corrected chi connectivity index (χ4v) is 1.36. The molecule has 0 fully saturated rings. The van der Waals surface area contributed by atoms with Crippen LogP contribution in [0.1, 0.15) is 18.1 Å². The predicted octanol–water partition coefficient (Wildman–Crippen LogP) is 1.82. The third-order valence-electron chi connectivity index (χ3n) is 2.56. The first-order chi connectivity index (χ1) is 9.92. The van der Waals surface area contributed by atoms with E-state index in [0.717, 1.165) is 18.2 Å². The van der Waals surface area contributed by atoms with Crippen LogP contribution in [-0.4, -0.2) is 31.2 Å². The molecular formula is C15H17NO5. The maximum atomic E-state index is 11.5. The zero-order valence-corrected chi connectivity index (χ0v) is 12.1. The van der Waals surface area contributed by atoms with Gasteiger partial charge < -0.3 is 9.47 Å². The quantitative estimate of drug-likeness (QED) is 0.676. The van der Waals surface area contributed by atoms with Gasteiger partial charge in [-0.3, -0.25) is 10.1 Å². The molecule has 0 aliphatic heterocycles. The van der Waals surface area contributed by atoms with Crippen molar-refractivity contribution in [2.24, 2.45) is 0 Å². The van der Waals surface area contributed by atoms with Crippen LogP contribution in [0.4, 0.5) is 4.79 Å². The van der Waals surface area contributed by atoms with Crippen molar-refractivity contribution in [1.82, 2.24) is 5.32 Å². The van der Waals surface area contributed by atoms with Crippen molar-refractivity contribution < 1.29 is 23.9 Å². The maximum absolute atomic E-state index is 11.5. The number of carbonyl (C=O) groups excluding carboxylic acids is 3. The Bertz CT molecular complexity index is 548. The van der Waals surface area contributed by atoms with E-state index in [1.54, 1.807) is 6.08 Å². The van der Waals surface area contributed by atoms with Crippen LogP contribution >= 0.6 is 0 Å². The van der Waals surface area contributed by atoms with Crippen LogP contribution in [0.15, 0.2) is 30.3 Å². The van der Waals surface area contributed by atoms with Gasteiger partial charge in [0.2, 0.25) is 0 Å². The van der Waals surface area contributed by atoms with Crippen molar-refractivity contribution in [1.29, 1.82) is 0 Å². The van der Waals surface area contributed by atoms with Gasteiger partial charge in [0.25, 0.3) is 5.91 Å². The third-order valence-corrected chi connectivity index (χ3v) is 2.56. The highest BCUT2D eigenvalue weighted by atomic mass is 16.6. The molecule has 1 aromatic carbocycles. The summed E-state index contributed by atoms with van der Waals surface area (Å²) in [6, 6.07) is 7.54. The minimum Gasteiger partial charge on any atom is -0.453 e. The summed E-state index contributed by atoms with van der Waals surface area (Å²) in [7, 11) is 1.13. The molecule has 21 heavy (non-hydrogen) atoms. The summed E-state index contributed by atoms with van der Waals surface area (Å²) in [6.07, 6.45) is 0.789. The Morgan fingerprint density at radius 3 is 2.38 bits per heavy atom. The van der Waals surface area contributed by atoms with E-state index >= 15 is 0 Å². The van der Waals surface area contributed by atoms with Gasteiger partial charge in [-0.15, -0.1) is 0 Å². The lowest BCUT2D eigenvalue weighted by molar-refractivity contribution is -0.149. The Morgan fingerprint density at radius 1 is 1.19 bits per heavy atom. The molecule has 0 aromatic heterocycles. The Kier molecular flexibility index (Phi) is 6.13. The molecule has 0 spiro atoms. The van der Waals surface area contributed by atoms with E-state index in [2.05, 4.69) is 4.74 Å². The monoisotopic (exact) mass is 291 g/mol. The van der Waals surface area contributed by atoms with Crippen LogP contribution in [0.25, 0.3) is 6.08 Å². The second-order valence-corrected chi connectivity index (χ2v) is 4.30. The van der Waals surface area contributed by atoms with Gasteiger partial charge in [-0.2, -0.15) is 0 Å². The molecule has 0 radical (unpaired) electrons. The molecule has 0 saturated heterocycles. The average molecular weight is 291 g/mol. The number of carbonyl (C=O) groups is 3. The number of ether oxygens (including phenoxy) is 2. The number of rotatable bonds is 4.